The van der Waals surface area contributed by atoms with E-state index < -0.39 is 0 Å². The van der Waals surface area contributed by atoms with Crippen molar-refractivity contribution < 1.29 is 4.74 Å². The monoisotopic (exact) mass is 303 g/mol. The molecule has 1 aliphatic heterocycles. The Kier molecular flexibility index (Phi) is 3.72. The smallest absolute Gasteiger partial charge is 0.0732 e. The van der Waals surface area contributed by atoms with E-state index in [1.807, 2.05) is 12.1 Å². The number of anilines is 1. The Hall–Kier alpha value is -2.39. The minimum absolute atomic E-state index is 0.793. The van der Waals surface area contributed by atoms with Crippen molar-refractivity contribution in [1.29, 1.82) is 0 Å². The van der Waals surface area contributed by atoms with Gasteiger partial charge in [-0.05, 0) is 36.2 Å². The van der Waals surface area contributed by atoms with Crippen molar-refractivity contribution in [3.8, 4) is 11.1 Å². The summed E-state index contributed by atoms with van der Waals surface area (Å²) in [6.45, 7) is 5.53. The molecular weight excluding hydrogens is 284 g/mol. The number of pyridine rings is 1. The number of hydrogen-bond donors (Lipinski definition) is 0. The van der Waals surface area contributed by atoms with Gasteiger partial charge >= 0.3 is 0 Å². The molecule has 1 fully saturated rings. The highest BCUT2D eigenvalue weighted by atomic mass is 16.5. The predicted molar refractivity (Wildman–Crippen MR) is 93.8 cm³/mol. The molecule has 0 aliphatic carbocycles. The number of nitrogens with zero attached hydrogens (tertiary/aromatic N) is 2. The number of ether oxygens (including phenoxy) is 1. The summed E-state index contributed by atoms with van der Waals surface area (Å²) < 4.78 is 5.48. The lowest BCUT2D eigenvalue weighted by Crippen LogP contribution is -2.36. The van der Waals surface area contributed by atoms with Gasteiger partial charge in [-0.2, -0.15) is 0 Å². The van der Waals surface area contributed by atoms with Gasteiger partial charge in [0.1, 0.15) is 0 Å². The zero-order valence-corrected chi connectivity index (χ0v) is 13.2. The third-order valence-corrected chi connectivity index (χ3v) is 4.32. The van der Waals surface area contributed by atoms with Crippen LogP contribution in [0.3, 0.4) is 0 Å². The molecule has 1 aromatic heterocycles. The Labute approximate surface area is 136 Å². The van der Waals surface area contributed by atoms with Gasteiger partial charge in [-0.15, -0.1) is 0 Å². The van der Waals surface area contributed by atoms with E-state index in [1.54, 1.807) is 0 Å². The van der Waals surface area contributed by atoms with Gasteiger partial charge in [0.2, 0.25) is 0 Å². The SMILES string of the molecule is Cc1cc(N2CCOCC2)c2ccc(-c3cc[c]cc3)cc2n1. The van der Waals surface area contributed by atoms with Crippen LogP contribution in [0.2, 0.25) is 0 Å². The van der Waals surface area contributed by atoms with Crippen LogP contribution >= 0.6 is 0 Å². The summed E-state index contributed by atoms with van der Waals surface area (Å²) >= 11 is 0. The fourth-order valence-corrected chi connectivity index (χ4v) is 3.16. The van der Waals surface area contributed by atoms with Crippen LogP contribution in [0.5, 0.6) is 0 Å². The van der Waals surface area contributed by atoms with Gasteiger partial charge in [0.25, 0.3) is 0 Å². The standard InChI is InChI=1S/C20H19N2O/c1-15-13-20(22-9-11-23-12-10-22)18-8-7-17(14-19(18)21-15)16-5-3-2-4-6-16/h3-8,13-14H,9-12H2,1H3. The van der Waals surface area contributed by atoms with Crippen LogP contribution in [-0.2, 0) is 4.74 Å². The van der Waals surface area contributed by atoms with Gasteiger partial charge in [-0.1, -0.05) is 36.4 Å². The lowest BCUT2D eigenvalue weighted by molar-refractivity contribution is 0.123. The van der Waals surface area contributed by atoms with Gasteiger partial charge in [0, 0.05) is 29.9 Å². The fourth-order valence-electron chi connectivity index (χ4n) is 3.16. The lowest BCUT2D eigenvalue weighted by Gasteiger charge is -2.30. The summed E-state index contributed by atoms with van der Waals surface area (Å²) in [6.07, 6.45) is 0. The first-order chi connectivity index (χ1) is 11.3. The number of benzene rings is 2. The van der Waals surface area contributed by atoms with Crippen LogP contribution in [0.25, 0.3) is 22.0 Å². The van der Waals surface area contributed by atoms with E-state index in [1.165, 1.54) is 22.2 Å². The summed E-state index contributed by atoms with van der Waals surface area (Å²) in [4.78, 5) is 7.15. The molecule has 0 saturated carbocycles. The van der Waals surface area contributed by atoms with E-state index >= 15 is 0 Å². The van der Waals surface area contributed by atoms with Crippen LogP contribution in [-0.4, -0.2) is 31.3 Å². The van der Waals surface area contributed by atoms with Crippen LogP contribution in [0.1, 0.15) is 5.69 Å². The molecule has 3 heteroatoms. The van der Waals surface area contributed by atoms with E-state index in [9.17, 15) is 0 Å². The van der Waals surface area contributed by atoms with Crippen molar-refractivity contribution in [2.24, 2.45) is 0 Å². The van der Waals surface area contributed by atoms with E-state index in [4.69, 9.17) is 9.72 Å². The van der Waals surface area contributed by atoms with Crippen molar-refractivity contribution in [1.82, 2.24) is 4.98 Å². The second-order valence-corrected chi connectivity index (χ2v) is 5.90. The summed E-state index contributed by atoms with van der Waals surface area (Å²) in [5, 5.41) is 1.21. The molecule has 3 aromatic rings. The maximum absolute atomic E-state index is 5.48. The summed E-state index contributed by atoms with van der Waals surface area (Å²) in [6, 6.07) is 19.9. The maximum atomic E-state index is 5.48. The molecule has 1 aliphatic rings. The lowest BCUT2D eigenvalue weighted by atomic mass is 10.0. The molecule has 2 heterocycles. The fraction of sp³-hybridized carbons (Fsp3) is 0.250. The molecule has 1 saturated heterocycles. The third kappa shape index (κ3) is 2.80. The first-order valence-electron chi connectivity index (χ1n) is 8.02. The number of aromatic nitrogens is 1. The quantitative estimate of drug-likeness (QED) is 0.719. The molecule has 4 rings (SSSR count). The molecule has 0 spiro atoms. The molecule has 0 bridgehead atoms. The summed E-state index contributed by atoms with van der Waals surface area (Å²) in [7, 11) is 0. The second-order valence-electron chi connectivity index (χ2n) is 5.90. The molecule has 0 N–H and O–H groups in total. The Morgan fingerprint density at radius 1 is 1.00 bits per heavy atom. The van der Waals surface area contributed by atoms with Crippen molar-refractivity contribution in [2.45, 2.75) is 6.92 Å². The topological polar surface area (TPSA) is 25.4 Å². The Bertz CT molecular complexity index is 824. The molecule has 0 unspecified atom stereocenters. The number of hydrogen-bond acceptors (Lipinski definition) is 3. The molecular formula is C20H19N2O. The minimum Gasteiger partial charge on any atom is -0.378 e. The van der Waals surface area contributed by atoms with Crippen LogP contribution in [0, 0.1) is 13.0 Å². The zero-order valence-electron chi connectivity index (χ0n) is 13.2. The van der Waals surface area contributed by atoms with Crippen molar-refractivity contribution >= 4 is 16.6 Å². The second kappa shape index (κ2) is 6.01. The molecule has 1 radical (unpaired) electrons. The van der Waals surface area contributed by atoms with E-state index in [2.05, 4.69) is 54.3 Å². The van der Waals surface area contributed by atoms with Gasteiger partial charge in [-0.3, -0.25) is 4.98 Å². The highest BCUT2D eigenvalue weighted by Gasteiger charge is 2.15. The average molecular weight is 303 g/mol. The molecule has 0 amide bonds. The first kappa shape index (κ1) is 14.2. The summed E-state index contributed by atoms with van der Waals surface area (Å²) in [5.74, 6) is 0. The molecule has 0 atom stereocenters. The van der Waals surface area contributed by atoms with Crippen LogP contribution < -0.4 is 4.90 Å². The van der Waals surface area contributed by atoms with Crippen LogP contribution in [0.4, 0.5) is 5.69 Å². The number of fused-ring (bicyclic) bond motifs is 1. The Morgan fingerprint density at radius 3 is 2.57 bits per heavy atom. The summed E-state index contributed by atoms with van der Waals surface area (Å²) in [5.41, 5.74) is 5.76. The van der Waals surface area contributed by atoms with Gasteiger partial charge in [-0.25, -0.2) is 0 Å². The predicted octanol–water partition coefficient (Wildman–Crippen LogP) is 3.85. The van der Waals surface area contributed by atoms with E-state index in [-0.39, 0.29) is 0 Å². The Morgan fingerprint density at radius 2 is 1.78 bits per heavy atom. The third-order valence-electron chi connectivity index (χ3n) is 4.32. The highest BCUT2D eigenvalue weighted by molar-refractivity contribution is 5.94. The van der Waals surface area contributed by atoms with Gasteiger partial charge in [0.05, 0.1) is 18.7 Å². The highest BCUT2D eigenvalue weighted by Crippen LogP contribution is 2.30. The van der Waals surface area contributed by atoms with Crippen molar-refractivity contribution in [3.05, 3.63) is 60.3 Å². The largest absolute Gasteiger partial charge is 0.378 e. The number of morpholine rings is 1. The average Bonchev–Trinajstić information content (AvgIpc) is 2.62. The normalized spacial score (nSPS) is 15.1. The number of rotatable bonds is 2. The first-order valence-corrected chi connectivity index (χ1v) is 8.02. The van der Waals surface area contributed by atoms with Gasteiger partial charge in [0.15, 0.2) is 0 Å². The zero-order chi connectivity index (χ0) is 15.6. The van der Waals surface area contributed by atoms with Gasteiger partial charge < -0.3 is 9.64 Å². The van der Waals surface area contributed by atoms with E-state index in [0.717, 1.165) is 37.5 Å². The Balaban J connectivity index is 1.83. The minimum atomic E-state index is 0.793. The van der Waals surface area contributed by atoms with Crippen LogP contribution in [0.15, 0.2) is 48.5 Å². The molecule has 2 aromatic carbocycles. The van der Waals surface area contributed by atoms with Crippen molar-refractivity contribution in [3.63, 3.8) is 0 Å². The van der Waals surface area contributed by atoms with Crippen molar-refractivity contribution in [2.75, 3.05) is 31.2 Å². The maximum Gasteiger partial charge on any atom is 0.0732 e. The molecule has 23 heavy (non-hydrogen) atoms. The molecule has 3 nitrogen and oxygen atoms in total. The molecule has 115 valence electrons. The van der Waals surface area contributed by atoms with E-state index in [0.29, 0.717) is 0 Å². The number of aryl methyl sites for hydroxylation is 1.